The lowest BCUT2D eigenvalue weighted by Gasteiger charge is -2.33. The zero-order chi connectivity index (χ0) is 35.6. The largest absolute Gasteiger partial charge is 0.396 e. The Balaban J connectivity index is 4.63. The maximum Gasteiger partial charge on any atom is 0.0637 e. The Labute approximate surface area is 308 Å². The summed E-state index contributed by atoms with van der Waals surface area (Å²) >= 11 is 0. The highest BCUT2D eigenvalue weighted by Gasteiger charge is 2.32. The van der Waals surface area contributed by atoms with Crippen LogP contribution in [-0.2, 0) is 18.9 Å². The molecule has 49 heavy (non-hydrogen) atoms. The molecule has 0 heterocycles. The van der Waals surface area contributed by atoms with Gasteiger partial charge in [0.15, 0.2) is 0 Å². The molecule has 0 aromatic rings. The van der Waals surface area contributed by atoms with Gasteiger partial charge in [-0.2, -0.15) is 0 Å². The van der Waals surface area contributed by atoms with Crippen molar-refractivity contribution < 1.29 is 24.1 Å². The molecule has 0 aliphatic carbocycles. The van der Waals surface area contributed by atoms with E-state index in [0.717, 1.165) is 39.1 Å². The third-order valence-corrected chi connectivity index (χ3v) is 10.0. The fourth-order valence-corrected chi connectivity index (χ4v) is 6.65. The topological polar surface area (TPSA) is 57.2 Å². The van der Waals surface area contributed by atoms with Crippen LogP contribution in [0, 0.1) is 5.41 Å². The van der Waals surface area contributed by atoms with E-state index in [9.17, 15) is 5.11 Å². The molecule has 0 aliphatic heterocycles. The van der Waals surface area contributed by atoms with Gasteiger partial charge in [-0.25, -0.2) is 0 Å². The van der Waals surface area contributed by atoms with Crippen molar-refractivity contribution in [3.05, 3.63) is 0 Å². The summed E-state index contributed by atoms with van der Waals surface area (Å²) in [6.45, 7) is 12.4. The van der Waals surface area contributed by atoms with Crippen molar-refractivity contribution in [3.8, 4) is 0 Å². The maximum atomic E-state index is 9.32. The first-order valence-corrected chi connectivity index (χ1v) is 22.2. The predicted molar refractivity (Wildman–Crippen MR) is 213 cm³/mol. The van der Waals surface area contributed by atoms with Crippen LogP contribution in [0.4, 0.5) is 0 Å². The molecule has 0 amide bonds. The Morgan fingerprint density at radius 1 is 0.286 bits per heavy atom. The van der Waals surface area contributed by atoms with E-state index < -0.39 is 0 Å². The smallest absolute Gasteiger partial charge is 0.0637 e. The van der Waals surface area contributed by atoms with Gasteiger partial charge < -0.3 is 24.1 Å². The lowest BCUT2D eigenvalue weighted by Crippen LogP contribution is -2.42. The van der Waals surface area contributed by atoms with Gasteiger partial charge in [0.2, 0.25) is 0 Å². The highest BCUT2D eigenvalue weighted by molar-refractivity contribution is 4.79. The SMILES string of the molecule is CCCCCCCCCCCCOCC(COCCCO)(COCCCCCCCCCCCC)COCCCCCCCCCCCC. The molecule has 0 spiro atoms. The molecule has 0 radical (unpaired) electrons. The van der Waals surface area contributed by atoms with Gasteiger partial charge in [0.1, 0.15) is 0 Å². The molecular weight excluding hydrogens is 608 g/mol. The first-order chi connectivity index (χ1) is 24.2. The van der Waals surface area contributed by atoms with Crippen molar-refractivity contribution in [2.75, 3.05) is 59.5 Å². The number of aliphatic hydroxyl groups is 1. The number of hydrogen-bond acceptors (Lipinski definition) is 5. The van der Waals surface area contributed by atoms with E-state index in [0.29, 0.717) is 39.5 Å². The van der Waals surface area contributed by atoms with Crippen molar-refractivity contribution in [1.29, 1.82) is 0 Å². The molecule has 0 unspecified atom stereocenters. The van der Waals surface area contributed by atoms with Gasteiger partial charge in [-0.05, 0) is 25.7 Å². The van der Waals surface area contributed by atoms with Crippen LogP contribution in [0.2, 0.25) is 0 Å². The van der Waals surface area contributed by atoms with Crippen molar-refractivity contribution in [2.45, 2.75) is 220 Å². The summed E-state index contributed by atoms with van der Waals surface area (Å²) in [6, 6.07) is 0. The van der Waals surface area contributed by atoms with Crippen LogP contribution in [0.3, 0.4) is 0 Å². The van der Waals surface area contributed by atoms with E-state index in [1.165, 1.54) is 173 Å². The molecule has 0 aromatic carbocycles. The van der Waals surface area contributed by atoms with Gasteiger partial charge in [0.05, 0.1) is 31.8 Å². The average molecular weight is 699 g/mol. The molecule has 0 rings (SSSR count). The lowest BCUT2D eigenvalue weighted by atomic mass is 9.92. The van der Waals surface area contributed by atoms with Crippen LogP contribution in [0.1, 0.15) is 220 Å². The average Bonchev–Trinajstić information content (AvgIpc) is 3.11. The van der Waals surface area contributed by atoms with Crippen molar-refractivity contribution >= 4 is 0 Å². The van der Waals surface area contributed by atoms with Crippen LogP contribution in [0.5, 0.6) is 0 Å². The summed E-state index contributed by atoms with van der Waals surface area (Å²) in [5.41, 5.74) is -0.301. The van der Waals surface area contributed by atoms with E-state index in [1.54, 1.807) is 0 Å². The third-order valence-electron chi connectivity index (χ3n) is 10.0. The van der Waals surface area contributed by atoms with Crippen LogP contribution >= 0.6 is 0 Å². The summed E-state index contributed by atoms with van der Waals surface area (Å²) in [4.78, 5) is 0. The van der Waals surface area contributed by atoms with Gasteiger partial charge >= 0.3 is 0 Å². The molecule has 5 heteroatoms. The van der Waals surface area contributed by atoms with Gasteiger partial charge in [-0.15, -0.1) is 0 Å². The normalized spacial score (nSPS) is 12.0. The van der Waals surface area contributed by atoms with Crippen molar-refractivity contribution in [2.24, 2.45) is 5.41 Å². The maximum absolute atomic E-state index is 9.32. The number of aliphatic hydroxyl groups excluding tert-OH is 1. The van der Waals surface area contributed by atoms with E-state index in [2.05, 4.69) is 20.8 Å². The second-order valence-corrected chi connectivity index (χ2v) is 15.3. The van der Waals surface area contributed by atoms with E-state index in [-0.39, 0.29) is 12.0 Å². The second-order valence-electron chi connectivity index (χ2n) is 15.3. The van der Waals surface area contributed by atoms with E-state index >= 15 is 0 Å². The van der Waals surface area contributed by atoms with Gasteiger partial charge in [-0.3, -0.25) is 0 Å². The Morgan fingerprint density at radius 2 is 0.490 bits per heavy atom. The first kappa shape index (κ1) is 48.8. The monoisotopic (exact) mass is 699 g/mol. The van der Waals surface area contributed by atoms with Crippen molar-refractivity contribution in [1.82, 2.24) is 0 Å². The summed E-state index contributed by atoms with van der Waals surface area (Å²) in [7, 11) is 0. The van der Waals surface area contributed by atoms with Crippen LogP contribution in [-0.4, -0.2) is 64.6 Å². The number of hydrogen-bond donors (Lipinski definition) is 1. The fraction of sp³-hybridized carbons (Fsp3) is 1.00. The molecule has 0 bridgehead atoms. The molecule has 0 fully saturated rings. The number of rotatable bonds is 44. The molecule has 0 aromatic heterocycles. The second kappa shape index (κ2) is 42.2. The minimum absolute atomic E-state index is 0.159. The van der Waals surface area contributed by atoms with Gasteiger partial charge in [0, 0.05) is 33.0 Å². The van der Waals surface area contributed by atoms with E-state index in [1.807, 2.05) is 0 Å². The van der Waals surface area contributed by atoms with Gasteiger partial charge in [0.25, 0.3) is 0 Å². The van der Waals surface area contributed by atoms with Crippen LogP contribution in [0.15, 0.2) is 0 Å². The van der Waals surface area contributed by atoms with Crippen LogP contribution in [0.25, 0.3) is 0 Å². The van der Waals surface area contributed by atoms with Gasteiger partial charge in [-0.1, -0.05) is 194 Å². The summed E-state index contributed by atoms with van der Waals surface area (Å²) < 4.78 is 25.2. The first-order valence-electron chi connectivity index (χ1n) is 22.2. The molecule has 0 saturated heterocycles. The van der Waals surface area contributed by atoms with Crippen molar-refractivity contribution in [3.63, 3.8) is 0 Å². The zero-order valence-corrected chi connectivity index (χ0v) is 33.9. The Hall–Kier alpha value is -0.200. The molecular formula is C44H90O5. The third kappa shape index (κ3) is 37.4. The lowest BCUT2D eigenvalue weighted by molar-refractivity contribution is -0.108. The summed E-state index contributed by atoms with van der Waals surface area (Å²) in [5.74, 6) is 0. The standard InChI is InChI=1S/C44H90O5/c1-4-7-10-13-16-19-22-25-28-31-36-46-40-44(43-49-39-34-35-45,41-47-37-32-29-26-23-20-17-14-11-8-5-2)42-48-38-33-30-27-24-21-18-15-12-9-6-3/h45H,4-43H2,1-3H3. The number of ether oxygens (including phenoxy) is 4. The molecule has 1 N–H and O–H groups in total. The molecule has 0 atom stereocenters. The Bertz CT molecular complexity index is 516. The molecule has 0 saturated carbocycles. The Morgan fingerprint density at radius 3 is 0.714 bits per heavy atom. The van der Waals surface area contributed by atoms with Crippen LogP contribution < -0.4 is 0 Å². The minimum Gasteiger partial charge on any atom is -0.396 e. The quantitative estimate of drug-likeness (QED) is 0.0642. The molecule has 5 nitrogen and oxygen atoms in total. The zero-order valence-electron chi connectivity index (χ0n) is 33.9. The summed E-state index contributed by atoms with van der Waals surface area (Å²) in [5, 5.41) is 9.32. The highest BCUT2D eigenvalue weighted by Crippen LogP contribution is 2.23. The molecule has 296 valence electrons. The minimum atomic E-state index is -0.301. The fourth-order valence-electron chi connectivity index (χ4n) is 6.65. The summed E-state index contributed by atoms with van der Waals surface area (Å²) in [6.07, 6.45) is 40.7. The van der Waals surface area contributed by atoms with E-state index in [4.69, 9.17) is 18.9 Å². The molecule has 0 aliphatic rings. The highest BCUT2D eigenvalue weighted by atomic mass is 16.5. The Kier molecular flexibility index (Phi) is 42.0. The number of unbranched alkanes of at least 4 members (excludes halogenated alkanes) is 27. The predicted octanol–water partition coefficient (Wildman–Crippen LogP) is 13.2.